The topological polar surface area (TPSA) is 48.1 Å². The first kappa shape index (κ1) is 13.8. The summed E-state index contributed by atoms with van der Waals surface area (Å²) in [6, 6.07) is 4.22. The van der Waals surface area contributed by atoms with Crippen LogP contribution in [0.15, 0.2) is 17.5 Å². The summed E-state index contributed by atoms with van der Waals surface area (Å²) >= 11 is 3.44. The molecule has 0 bridgehead atoms. The van der Waals surface area contributed by atoms with Gasteiger partial charge in [-0.15, -0.1) is 22.7 Å². The van der Waals surface area contributed by atoms with E-state index in [1.54, 1.807) is 22.7 Å². The molecule has 0 fully saturated rings. The Morgan fingerprint density at radius 2 is 2.20 bits per heavy atom. The van der Waals surface area contributed by atoms with Crippen LogP contribution in [0.2, 0.25) is 0 Å². The third-order valence-electron chi connectivity index (χ3n) is 3.34. The van der Waals surface area contributed by atoms with Gasteiger partial charge in [0, 0.05) is 23.4 Å². The van der Waals surface area contributed by atoms with Crippen LogP contribution in [0.25, 0.3) is 20.3 Å². The SMILES string of the molecule is Cc1nc2c(cc(OCC(C)(C)CN)c3ccsc32)s1. The zero-order chi connectivity index (χ0) is 14.3. The molecule has 2 aromatic heterocycles. The Labute approximate surface area is 126 Å². The maximum Gasteiger partial charge on any atom is 0.129 e. The van der Waals surface area contributed by atoms with Crippen molar-refractivity contribution in [3.8, 4) is 5.75 Å². The Kier molecular flexibility index (Phi) is 3.44. The van der Waals surface area contributed by atoms with Gasteiger partial charge in [-0.3, -0.25) is 0 Å². The largest absolute Gasteiger partial charge is 0.492 e. The zero-order valence-electron chi connectivity index (χ0n) is 11.9. The van der Waals surface area contributed by atoms with Gasteiger partial charge in [-0.05, 0) is 18.4 Å². The summed E-state index contributed by atoms with van der Waals surface area (Å²) in [5.41, 5.74) is 6.86. The molecular formula is C15H18N2OS2. The van der Waals surface area contributed by atoms with Crippen molar-refractivity contribution in [3.63, 3.8) is 0 Å². The van der Waals surface area contributed by atoms with Gasteiger partial charge in [0.25, 0.3) is 0 Å². The number of ether oxygens (including phenoxy) is 1. The Morgan fingerprint density at radius 1 is 1.40 bits per heavy atom. The lowest BCUT2D eigenvalue weighted by atomic mass is 9.95. The number of hydrogen-bond acceptors (Lipinski definition) is 5. The average Bonchev–Trinajstić information content (AvgIpc) is 3.01. The molecule has 0 aliphatic rings. The van der Waals surface area contributed by atoms with Crippen molar-refractivity contribution in [2.45, 2.75) is 20.8 Å². The lowest BCUT2D eigenvalue weighted by Gasteiger charge is -2.22. The van der Waals surface area contributed by atoms with Gasteiger partial charge in [0.15, 0.2) is 0 Å². The second-order valence-electron chi connectivity index (χ2n) is 5.77. The molecule has 0 saturated carbocycles. The second kappa shape index (κ2) is 4.98. The lowest BCUT2D eigenvalue weighted by molar-refractivity contribution is 0.189. The van der Waals surface area contributed by atoms with E-state index in [9.17, 15) is 0 Å². The van der Waals surface area contributed by atoms with Gasteiger partial charge in [-0.2, -0.15) is 0 Å². The highest BCUT2D eigenvalue weighted by Gasteiger charge is 2.18. The van der Waals surface area contributed by atoms with Gasteiger partial charge in [0.2, 0.25) is 0 Å². The van der Waals surface area contributed by atoms with Gasteiger partial charge in [-0.25, -0.2) is 4.98 Å². The van der Waals surface area contributed by atoms with Crippen LogP contribution >= 0.6 is 22.7 Å². The number of rotatable bonds is 4. The first-order valence-corrected chi connectivity index (χ1v) is 8.30. The van der Waals surface area contributed by atoms with E-state index >= 15 is 0 Å². The van der Waals surface area contributed by atoms with Crippen molar-refractivity contribution in [1.82, 2.24) is 4.98 Å². The highest BCUT2D eigenvalue weighted by Crippen LogP contribution is 2.39. The fourth-order valence-corrected chi connectivity index (χ4v) is 3.87. The molecule has 0 unspecified atom stereocenters. The van der Waals surface area contributed by atoms with Crippen molar-refractivity contribution in [2.75, 3.05) is 13.2 Å². The molecule has 0 aliphatic carbocycles. The van der Waals surface area contributed by atoms with E-state index in [1.807, 2.05) is 6.92 Å². The third kappa shape index (κ3) is 2.41. The standard InChI is InChI=1S/C15H18N2OS2/c1-9-17-13-12(20-9)6-11(10-4-5-19-14(10)13)18-8-15(2,3)7-16/h4-6H,7-8,16H2,1-3H3. The molecule has 0 amide bonds. The Balaban J connectivity index is 2.06. The molecule has 3 nitrogen and oxygen atoms in total. The zero-order valence-corrected chi connectivity index (χ0v) is 13.5. The number of thiazole rings is 1. The first-order chi connectivity index (χ1) is 9.50. The van der Waals surface area contributed by atoms with Gasteiger partial charge in [-0.1, -0.05) is 13.8 Å². The van der Waals surface area contributed by atoms with E-state index in [0.29, 0.717) is 13.2 Å². The number of aryl methyl sites for hydroxylation is 1. The summed E-state index contributed by atoms with van der Waals surface area (Å²) in [5, 5.41) is 4.34. The summed E-state index contributed by atoms with van der Waals surface area (Å²) in [6.45, 7) is 7.52. The molecule has 20 heavy (non-hydrogen) atoms. The Hall–Kier alpha value is -1.17. The molecule has 0 spiro atoms. The highest BCUT2D eigenvalue weighted by molar-refractivity contribution is 7.21. The maximum absolute atomic E-state index is 6.06. The second-order valence-corrected chi connectivity index (χ2v) is 7.93. The number of aromatic nitrogens is 1. The van der Waals surface area contributed by atoms with E-state index in [-0.39, 0.29) is 5.41 Å². The molecule has 2 N–H and O–H groups in total. The number of fused-ring (bicyclic) bond motifs is 3. The summed E-state index contributed by atoms with van der Waals surface area (Å²) in [5.74, 6) is 0.943. The minimum atomic E-state index is -0.0130. The van der Waals surface area contributed by atoms with E-state index < -0.39 is 0 Å². The van der Waals surface area contributed by atoms with Crippen LogP contribution in [0.3, 0.4) is 0 Å². The highest BCUT2D eigenvalue weighted by atomic mass is 32.1. The monoisotopic (exact) mass is 306 g/mol. The molecule has 0 radical (unpaired) electrons. The third-order valence-corrected chi connectivity index (χ3v) is 5.18. The molecule has 0 atom stereocenters. The summed E-state index contributed by atoms with van der Waals surface area (Å²) in [7, 11) is 0. The smallest absolute Gasteiger partial charge is 0.129 e. The van der Waals surface area contributed by atoms with Crippen LogP contribution < -0.4 is 10.5 Å². The van der Waals surface area contributed by atoms with E-state index in [2.05, 4.69) is 36.3 Å². The number of thiophene rings is 1. The van der Waals surface area contributed by atoms with Crippen LogP contribution in [-0.4, -0.2) is 18.1 Å². The van der Waals surface area contributed by atoms with Crippen LogP contribution in [0.5, 0.6) is 5.75 Å². The quantitative estimate of drug-likeness (QED) is 0.786. The summed E-state index contributed by atoms with van der Waals surface area (Å²) in [6.07, 6.45) is 0. The van der Waals surface area contributed by atoms with Crippen LogP contribution in [0, 0.1) is 12.3 Å². The predicted octanol–water partition coefficient (Wildman–Crippen LogP) is 4.18. The molecule has 5 heteroatoms. The van der Waals surface area contributed by atoms with Gasteiger partial charge >= 0.3 is 0 Å². The van der Waals surface area contributed by atoms with Crippen molar-refractivity contribution in [1.29, 1.82) is 0 Å². The molecule has 2 heterocycles. The van der Waals surface area contributed by atoms with E-state index in [1.165, 1.54) is 9.40 Å². The number of hydrogen-bond donors (Lipinski definition) is 1. The molecule has 0 saturated heterocycles. The molecular weight excluding hydrogens is 288 g/mol. The Morgan fingerprint density at radius 3 is 2.95 bits per heavy atom. The predicted molar refractivity (Wildman–Crippen MR) is 88.1 cm³/mol. The fourth-order valence-electron chi connectivity index (χ4n) is 2.04. The van der Waals surface area contributed by atoms with Crippen molar-refractivity contribution < 1.29 is 4.74 Å². The molecule has 1 aromatic carbocycles. The maximum atomic E-state index is 6.06. The number of nitrogens with two attached hydrogens (primary N) is 1. The van der Waals surface area contributed by atoms with Crippen molar-refractivity contribution >= 4 is 43.0 Å². The van der Waals surface area contributed by atoms with E-state index in [0.717, 1.165) is 21.7 Å². The van der Waals surface area contributed by atoms with Crippen LogP contribution in [0.4, 0.5) is 0 Å². The van der Waals surface area contributed by atoms with E-state index in [4.69, 9.17) is 10.5 Å². The van der Waals surface area contributed by atoms with Crippen molar-refractivity contribution in [2.24, 2.45) is 11.1 Å². The lowest BCUT2D eigenvalue weighted by Crippen LogP contribution is -2.30. The van der Waals surface area contributed by atoms with Crippen LogP contribution in [0.1, 0.15) is 18.9 Å². The first-order valence-electron chi connectivity index (χ1n) is 6.60. The number of nitrogens with zero attached hydrogens (tertiary/aromatic N) is 1. The van der Waals surface area contributed by atoms with Gasteiger partial charge in [0.05, 0.1) is 26.5 Å². The van der Waals surface area contributed by atoms with Gasteiger partial charge < -0.3 is 10.5 Å². The molecule has 3 rings (SSSR count). The summed E-state index contributed by atoms with van der Waals surface area (Å²) in [4.78, 5) is 4.63. The Bertz CT molecular complexity index is 758. The molecule has 106 valence electrons. The minimum Gasteiger partial charge on any atom is -0.492 e. The number of benzene rings is 1. The van der Waals surface area contributed by atoms with Gasteiger partial charge in [0.1, 0.15) is 5.75 Å². The average molecular weight is 306 g/mol. The minimum absolute atomic E-state index is 0.0130. The summed E-state index contributed by atoms with van der Waals surface area (Å²) < 4.78 is 8.46. The normalized spacial score (nSPS) is 12.4. The van der Waals surface area contributed by atoms with Crippen LogP contribution in [-0.2, 0) is 0 Å². The molecule has 3 aromatic rings. The van der Waals surface area contributed by atoms with Crippen molar-refractivity contribution in [3.05, 3.63) is 22.5 Å². The fraction of sp³-hybridized carbons (Fsp3) is 0.400. The molecule has 0 aliphatic heterocycles.